The Balaban J connectivity index is 1.40. The Hall–Kier alpha value is -4.18. The van der Waals surface area contributed by atoms with Crippen molar-refractivity contribution in [3.63, 3.8) is 0 Å². The van der Waals surface area contributed by atoms with E-state index in [1.54, 1.807) is 72.8 Å². The van der Waals surface area contributed by atoms with Crippen molar-refractivity contribution in [1.29, 1.82) is 0 Å². The number of carbonyl (C=O) groups excluding carboxylic acids is 2. The molecule has 0 fully saturated rings. The first kappa shape index (κ1) is 21.1. The van der Waals surface area contributed by atoms with Crippen molar-refractivity contribution in [2.75, 3.05) is 0 Å². The summed E-state index contributed by atoms with van der Waals surface area (Å²) in [4.78, 5) is 24.2. The summed E-state index contributed by atoms with van der Waals surface area (Å²) in [6.07, 6.45) is 0. The molecule has 4 rings (SSSR count). The van der Waals surface area contributed by atoms with Crippen molar-refractivity contribution in [3.05, 3.63) is 119 Å². The van der Waals surface area contributed by atoms with Gasteiger partial charge in [0.05, 0.1) is 0 Å². The number of hydrogen-bond acceptors (Lipinski definition) is 4. The molecule has 0 aliphatic rings. The maximum Gasteiger partial charge on any atom is 0.193 e. The lowest BCUT2D eigenvalue weighted by molar-refractivity contribution is 0.101. The Kier molecular flexibility index (Phi) is 6.13. The van der Waals surface area contributed by atoms with E-state index in [1.807, 2.05) is 31.2 Å². The van der Waals surface area contributed by atoms with Gasteiger partial charge in [-0.05, 0) is 98.8 Å². The van der Waals surface area contributed by atoms with E-state index in [0.717, 1.165) is 5.75 Å². The van der Waals surface area contributed by atoms with Gasteiger partial charge in [0.1, 0.15) is 23.0 Å². The van der Waals surface area contributed by atoms with Crippen LogP contribution >= 0.6 is 0 Å². The van der Waals surface area contributed by atoms with Crippen LogP contribution in [0, 0.1) is 6.92 Å². The molecule has 4 aromatic carbocycles. The predicted octanol–water partition coefficient (Wildman–Crippen LogP) is 7.01. The van der Waals surface area contributed by atoms with Gasteiger partial charge in [-0.3, -0.25) is 9.59 Å². The van der Waals surface area contributed by atoms with Crippen LogP contribution in [0.2, 0.25) is 0 Å². The van der Waals surface area contributed by atoms with Crippen LogP contribution in [0.5, 0.6) is 23.0 Å². The molecule has 0 aromatic heterocycles. The van der Waals surface area contributed by atoms with E-state index >= 15 is 0 Å². The van der Waals surface area contributed by atoms with Gasteiger partial charge in [-0.1, -0.05) is 17.7 Å². The van der Waals surface area contributed by atoms with E-state index in [4.69, 9.17) is 9.47 Å². The molecule has 0 atom stereocenters. The number of Topliss-reactive ketones (excluding diaryl/α,β-unsaturated/α-hetero) is 1. The second kappa shape index (κ2) is 9.31. The molecule has 4 aromatic rings. The summed E-state index contributed by atoms with van der Waals surface area (Å²) in [7, 11) is 0. The molecule has 0 aliphatic carbocycles. The van der Waals surface area contributed by atoms with Crippen molar-refractivity contribution < 1.29 is 19.1 Å². The van der Waals surface area contributed by atoms with Crippen LogP contribution in [0.3, 0.4) is 0 Å². The van der Waals surface area contributed by atoms with Crippen LogP contribution in [-0.2, 0) is 0 Å². The number of ether oxygens (including phenoxy) is 2. The lowest BCUT2D eigenvalue weighted by Crippen LogP contribution is -2.01. The minimum absolute atomic E-state index is 0.00848. The van der Waals surface area contributed by atoms with Crippen molar-refractivity contribution in [2.24, 2.45) is 0 Å². The van der Waals surface area contributed by atoms with Gasteiger partial charge in [0.15, 0.2) is 11.6 Å². The van der Waals surface area contributed by atoms with Gasteiger partial charge in [-0.15, -0.1) is 0 Å². The van der Waals surface area contributed by atoms with Crippen molar-refractivity contribution in [1.82, 2.24) is 0 Å². The van der Waals surface area contributed by atoms with Gasteiger partial charge >= 0.3 is 0 Å². The summed E-state index contributed by atoms with van der Waals surface area (Å²) in [5.74, 6) is 2.58. The minimum Gasteiger partial charge on any atom is -0.457 e. The highest BCUT2D eigenvalue weighted by Crippen LogP contribution is 2.25. The first-order valence-corrected chi connectivity index (χ1v) is 10.3. The summed E-state index contributed by atoms with van der Waals surface area (Å²) in [6.45, 7) is 3.55. The van der Waals surface area contributed by atoms with Gasteiger partial charge in [-0.25, -0.2) is 0 Å². The van der Waals surface area contributed by atoms with E-state index in [1.165, 1.54) is 12.5 Å². The van der Waals surface area contributed by atoms with Crippen LogP contribution in [-0.4, -0.2) is 11.6 Å². The standard InChI is InChI=1S/C28H22O4/c1-19-3-11-24(12-4-19)31-26-15-7-22(8-16-26)28(30)23-9-17-27(18-10-23)32-25-13-5-21(6-14-25)20(2)29/h3-18H,1-2H3. The number of aryl methyl sites for hydroxylation is 1. The van der Waals surface area contributed by atoms with Crippen molar-refractivity contribution in [2.45, 2.75) is 13.8 Å². The Morgan fingerprint density at radius 2 is 0.812 bits per heavy atom. The molecule has 32 heavy (non-hydrogen) atoms. The highest BCUT2D eigenvalue weighted by Gasteiger charge is 2.10. The highest BCUT2D eigenvalue weighted by molar-refractivity contribution is 6.09. The molecule has 0 N–H and O–H groups in total. The highest BCUT2D eigenvalue weighted by atomic mass is 16.5. The van der Waals surface area contributed by atoms with Crippen LogP contribution in [0.4, 0.5) is 0 Å². The molecule has 0 unspecified atom stereocenters. The number of ketones is 2. The Bertz CT molecular complexity index is 1220. The molecule has 4 heteroatoms. The zero-order valence-electron chi connectivity index (χ0n) is 17.9. The van der Waals surface area contributed by atoms with Gasteiger partial charge in [0.25, 0.3) is 0 Å². The van der Waals surface area contributed by atoms with E-state index in [-0.39, 0.29) is 11.6 Å². The fourth-order valence-corrected chi connectivity index (χ4v) is 3.15. The maximum absolute atomic E-state index is 12.8. The summed E-state index contributed by atoms with van der Waals surface area (Å²) < 4.78 is 11.6. The monoisotopic (exact) mass is 422 g/mol. The van der Waals surface area contributed by atoms with Gasteiger partial charge in [0, 0.05) is 16.7 Å². The molecule has 0 aliphatic heterocycles. The summed E-state index contributed by atoms with van der Waals surface area (Å²) >= 11 is 0. The average molecular weight is 422 g/mol. The first-order valence-electron chi connectivity index (χ1n) is 10.3. The quantitative estimate of drug-likeness (QED) is 0.301. The SMILES string of the molecule is CC(=O)c1ccc(Oc2ccc(C(=O)c3ccc(Oc4ccc(C)cc4)cc3)cc2)cc1. The number of benzene rings is 4. The Morgan fingerprint density at radius 3 is 1.16 bits per heavy atom. The van der Waals surface area contributed by atoms with Crippen molar-refractivity contribution in [3.8, 4) is 23.0 Å². The molecule has 0 bridgehead atoms. The molecular weight excluding hydrogens is 400 g/mol. The third-order valence-electron chi connectivity index (χ3n) is 4.99. The molecular formula is C28H22O4. The summed E-state index contributed by atoms with van der Waals surface area (Å²) in [5.41, 5.74) is 2.94. The van der Waals surface area contributed by atoms with Gasteiger partial charge in [-0.2, -0.15) is 0 Å². The molecule has 0 spiro atoms. The van der Waals surface area contributed by atoms with Gasteiger partial charge in [0.2, 0.25) is 0 Å². The fourth-order valence-electron chi connectivity index (χ4n) is 3.15. The predicted molar refractivity (Wildman–Crippen MR) is 124 cm³/mol. The van der Waals surface area contributed by atoms with E-state index in [9.17, 15) is 9.59 Å². The second-order valence-corrected chi connectivity index (χ2v) is 7.48. The largest absolute Gasteiger partial charge is 0.457 e. The zero-order chi connectivity index (χ0) is 22.5. The number of carbonyl (C=O) groups is 2. The molecule has 158 valence electrons. The lowest BCUT2D eigenvalue weighted by Gasteiger charge is -2.08. The van der Waals surface area contributed by atoms with E-state index < -0.39 is 0 Å². The molecule has 4 nitrogen and oxygen atoms in total. The lowest BCUT2D eigenvalue weighted by atomic mass is 10.0. The zero-order valence-corrected chi connectivity index (χ0v) is 17.9. The minimum atomic E-state index is -0.0794. The first-order chi connectivity index (χ1) is 15.5. The molecule has 0 saturated carbocycles. The molecule has 0 saturated heterocycles. The smallest absolute Gasteiger partial charge is 0.193 e. The number of hydrogen-bond donors (Lipinski definition) is 0. The maximum atomic E-state index is 12.8. The van der Waals surface area contributed by atoms with Crippen LogP contribution < -0.4 is 9.47 Å². The third kappa shape index (κ3) is 5.10. The van der Waals surface area contributed by atoms with Crippen LogP contribution in [0.1, 0.15) is 38.8 Å². The summed E-state index contributed by atoms with van der Waals surface area (Å²) in [6, 6.07) is 28.8. The average Bonchev–Trinajstić information content (AvgIpc) is 2.81. The molecule has 0 heterocycles. The topological polar surface area (TPSA) is 52.6 Å². The number of rotatable bonds is 7. The fraction of sp³-hybridized carbons (Fsp3) is 0.0714. The van der Waals surface area contributed by atoms with E-state index in [0.29, 0.717) is 33.9 Å². The van der Waals surface area contributed by atoms with Crippen LogP contribution in [0.25, 0.3) is 0 Å². The van der Waals surface area contributed by atoms with E-state index in [2.05, 4.69) is 0 Å². The second-order valence-electron chi connectivity index (χ2n) is 7.48. The third-order valence-corrected chi connectivity index (χ3v) is 4.99. The van der Waals surface area contributed by atoms with Crippen molar-refractivity contribution >= 4 is 11.6 Å². The summed E-state index contributed by atoms with van der Waals surface area (Å²) in [5, 5.41) is 0. The molecule has 0 amide bonds. The van der Waals surface area contributed by atoms with Gasteiger partial charge < -0.3 is 9.47 Å². The molecule has 0 radical (unpaired) electrons. The van der Waals surface area contributed by atoms with Crippen LogP contribution in [0.15, 0.2) is 97.1 Å². The normalized spacial score (nSPS) is 10.4. The Morgan fingerprint density at radius 1 is 0.500 bits per heavy atom. The Labute approximate surface area is 187 Å².